The maximum atomic E-state index is 13.1. The molecule has 0 saturated carbocycles. The zero-order chi connectivity index (χ0) is 27.5. The molecule has 0 unspecified atom stereocenters. The average molecular weight is 527 g/mol. The number of hydrogen-bond donors (Lipinski definition) is 0. The summed E-state index contributed by atoms with van der Waals surface area (Å²) in [5.74, 6) is -0.379. The third-order valence-corrected chi connectivity index (χ3v) is 9.01. The van der Waals surface area contributed by atoms with E-state index < -0.39 is 21.0 Å². The van der Waals surface area contributed by atoms with Gasteiger partial charge in [-0.25, -0.2) is 0 Å². The highest BCUT2D eigenvalue weighted by molar-refractivity contribution is 7.88. The Kier molecular flexibility index (Phi) is 7.06. The molecule has 0 bridgehead atoms. The van der Waals surface area contributed by atoms with Crippen molar-refractivity contribution in [2.75, 3.05) is 0 Å². The largest absolute Gasteiger partial charge is 0.534 e. The third kappa shape index (κ3) is 4.85. The first-order valence-electron chi connectivity index (χ1n) is 12.4. The summed E-state index contributed by atoms with van der Waals surface area (Å²) in [6.07, 6.45) is 2.38. The predicted molar refractivity (Wildman–Crippen MR) is 139 cm³/mol. The normalized spacial score (nSPS) is 14.1. The van der Waals surface area contributed by atoms with Gasteiger partial charge in [-0.2, -0.15) is 21.6 Å². The molecule has 0 saturated heterocycles. The lowest BCUT2D eigenvalue weighted by molar-refractivity contribution is -0.0500. The van der Waals surface area contributed by atoms with E-state index in [4.69, 9.17) is 4.42 Å². The van der Waals surface area contributed by atoms with Crippen molar-refractivity contribution < 1.29 is 30.2 Å². The Labute approximate surface area is 212 Å². The molecular weight excluding hydrogens is 489 g/mol. The van der Waals surface area contributed by atoms with Gasteiger partial charge in [0, 0.05) is 21.9 Å². The van der Waals surface area contributed by atoms with Gasteiger partial charge in [0.1, 0.15) is 16.9 Å². The highest BCUT2D eigenvalue weighted by Crippen LogP contribution is 2.46. The van der Waals surface area contributed by atoms with Crippen molar-refractivity contribution in [2.45, 2.75) is 103 Å². The summed E-state index contributed by atoms with van der Waals surface area (Å²) in [4.78, 5) is 0. The quantitative estimate of drug-likeness (QED) is 0.217. The first kappa shape index (κ1) is 28.4. The van der Waals surface area contributed by atoms with E-state index in [9.17, 15) is 21.6 Å². The van der Waals surface area contributed by atoms with E-state index in [1.165, 1.54) is 12.1 Å². The molecule has 0 aliphatic rings. The molecule has 0 aliphatic heterocycles. The maximum absolute atomic E-state index is 13.1. The summed E-state index contributed by atoms with van der Waals surface area (Å²) in [5, 5.41) is 1.28. The van der Waals surface area contributed by atoms with Gasteiger partial charge in [0.05, 0.1) is 0 Å². The van der Waals surface area contributed by atoms with Crippen molar-refractivity contribution in [3.8, 4) is 5.75 Å². The fraction of sp³-hybridized carbons (Fsp3) is 0.571. The molecule has 36 heavy (non-hydrogen) atoms. The zero-order valence-corrected chi connectivity index (χ0v) is 23.4. The second kappa shape index (κ2) is 8.96. The monoisotopic (exact) mass is 526 g/mol. The summed E-state index contributed by atoms with van der Waals surface area (Å²) in [6.45, 7) is 18.6. The maximum Gasteiger partial charge on any atom is 0.534 e. The van der Waals surface area contributed by atoms with Crippen molar-refractivity contribution in [2.24, 2.45) is 0 Å². The van der Waals surface area contributed by atoms with Crippen LogP contribution in [0.1, 0.15) is 98.3 Å². The molecule has 0 amide bonds. The molecule has 4 nitrogen and oxygen atoms in total. The molecule has 0 atom stereocenters. The van der Waals surface area contributed by atoms with E-state index in [0.717, 1.165) is 29.4 Å². The molecule has 0 spiro atoms. The lowest BCUT2D eigenvalue weighted by atomic mass is 9.75. The predicted octanol–water partition coefficient (Wildman–Crippen LogP) is 8.88. The van der Waals surface area contributed by atoms with Crippen LogP contribution in [-0.4, -0.2) is 13.9 Å². The third-order valence-electron chi connectivity index (χ3n) is 8.03. The van der Waals surface area contributed by atoms with Gasteiger partial charge in [-0.05, 0) is 59.3 Å². The van der Waals surface area contributed by atoms with Crippen LogP contribution in [0.5, 0.6) is 5.75 Å². The van der Waals surface area contributed by atoms with Crippen LogP contribution >= 0.6 is 0 Å². The van der Waals surface area contributed by atoms with Gasteiger partial charge in [-0.15, -0.1) is 0 Å². The highest BCUT2D eigenvalue weighted by Gasteiger charge is 2.48. The molecule has 0 fully saturated rings. The Bertz CT molecular complexity index is 1390. The van der Waals surface area contributed by atoms with Crippen molar-refractivity contribution in [1.82, 2.24) is 0 Å². The SMILES string of the molecule is CCC(C)(C)c1cc(C(C)(C)CC)c2oc3c(C(C)(C)CC)cc(OS(=O)(=O)C(F)(F)F)cc3c2c1. The minimum Gasteiger partial charge on any atom is -0.455 e. The Balaban J connectivity index is 2.52. The summed E-state index contributed by atoms with van der Waals surface area (Å²) in [6, 6.07) is 6.91. The van der Waals surface area contributed by atoms with Crippen LogP contribution in [-0.2, 0) is 26.4 Å². The number of halogens is 3. The number of rotatable bonds is 8. The fourth-order valence-corrected chi connectivity index (χ4v) is 4.60. The highest BCUT2D eigenvalue weighted by atomic mass is 32.2. The number of fused-ring (bicyclic) bond motifs is 3. The number of alkyl halides is 3. The first-order valence-corrected chi connectivity index (χ1v) is 13.8. The lowest BCUT2D eigenvalue weighted by Gasteiger charge is -2.28. The topological polar surface area (TPSA) is 56.5 Å². The molecule has 0 N–H and O–H groups in total. The molecule has 3 rings (SSSR count). The van der Waals surface area contributed by atoms with Crippen LogP contribution in [0, 0.1) is 0 Å². The van der Waals surface area contributed by atoms with E-state index in [-0.39, 0.29) is 16.6 Å². The van der Waals surface area contributed by atoms with E-state index in [1.54, 1.807) is 0 Å². The van der Waals surface area contributed by atoms with E-state index >= 15 is 0 Å². The minimum atomic E-state index is -5.83. The van der Waals surface area contributed by atoms with Crippen LogP contribution in [0.2, 0.25) is 0 Å². The smallest absolute Gasteiger partial charge is 0.455 e. The van der Waals surface area contributed by atoms with Gasteiger partial charge in [0.2, 0.25) is 0 Å². The Morgan fingerprint density at radius 2 is 1.17 bits per heavy atom. The van der Waals surface area contributed by atoms with Crippen LogP contribution in [0.3, 0.4) is 0 Å². The van der Waals surface area contributed by atoms with Crippen LogP contribution in [0.4, 0.5) is 13.2 Å². The molecule has 2 aromatic carbocycles. The molecule has 8 heteroatoms. The summed E-state index contributed by atoms with van der Waals surface area (Å²) in [7, 11) is -5.83. The fourth-order valence-electron chi connectivity index (χ4n) is 4.16. The molecule has 1 aromatic heterocycles. The number of benzene rings is 2. The van der Waals surface area contributed by atoms with Crippen molar-refractivity contribution in [3.05, 3.63) is 41.0 Å². The molecule has 3 aromatic rings. The zero-order valence-electron chi connectivity index (χ0n) is 22.6. The second-order valence-electron chi connectivity index (χ2n) is 11.5. The van der Waals surface area contributed by atoms with Gasteiger partial charge in [0.25, 0.3) is 0 Å². The molecule has 200 valence electrons. The van der Waals surface area contributed by atoms with Gasteiger partial charge < -0.3 is 8.60 Å². The molecule has 0 aliphatic carbocycles. The van der Waals surface area contributed by atoms with Crippen LogP contribution in [0.25, 0.3) is 21.9 Å². The Morgan fingerprint density at radius 3 is 1.61 bits per heavy atom. The van der Waals surface area contributed by atoms with Gasteiger partial charge >= 0.3 is 15.6 Å². The Morgan fingerprint density at radius 1 is 0.722 bits per heavy atom. The van der Waals surface area contributed by atoms with Crippen molar-refractivity contribution >= 4 is 32.1 Å². The van der Waals surface area contributed by atoms with E-state index in [1.807, 2.05) is 26.8 Å². The lowest BCUT2D eigenvalue weighted by Crippen LogP contribution is -2.28. The Hall–Kier alpha value is -2.22. The average Bonchev–Trinajstić information content (AvgIpc) is 3.15. The standard InChI is InChI=1S/C28H37F3O4S/c1-10-25(4,5)17-13-19-20-15-18(35-36(32,33)28(29,30)31)16-22(27(8,9)12-3)24(20)34-23(19)21(14-17)26(6,7)11-2/h13-16H,10-12H2,1-9H3. The van der Waals surface area contributed by atoms with Gasteiger partial charge in [-0.3, -0.25) is 0 Å². The summed E-state index contributed by atoms with van der Waals surface area (Å²) in [5.41, 5.74) is -2.53. The number of furan rings is 1. The summed E-state index contributed by atoms with van der Waals surface area (Å²) >= 11 is 0. The summed E-state index contributed by atoms with van der Waals surface area (Å²) < 4.78 is 74.3. The van der Waals surface area contributed by atoms with E-state index in [0.29, 0.717) is 28.5 Å². The minimum absolute atomic E-state index is 0.157. The first-order chi connectivity index (χ1) is 16.3. The van der Waals surface area contributed by atoms with Gasteiger partial charge in [0.15, 0.2) is 0 Å². The van der Waals surface area contributed by atoms with Crippen molar-refractivity contribution in [3.63, 3.8) is 0 Å². The van der Waals surface area contributed by atoms with E-state index in [2.05, 4.69) is 51.8 Å². The molecular formula is C28H37F3O4S. The van der Waals surface area contributed by atoms with Crippen LogP contribution < -0.4 is 4.18 Å². The molecule has 1 heterocycles. The van der Waals surface area contributed by atoms with Crippen LogP contribution in [0.15, 0.2) is 28.7 Å². The molecule has 0 radical (unpaired) electrons. The van der Waals surface area contributed by atoms with Gasteiger partial charge in [-0.1, -0.05) is 68.4 Å². The van der Waals surface area contributed by atoms with Crippen molar-refractivity contribution in [1.29, 1.82) is 0 Å². The number of hydrogen-bond acceptors (Lipinski definition) is 4. The second-order valence-corrected chi connectivity index (χ2v) is 13.1.